The van der Waals surface area contributed by atoms with Crippen LogP contribution >= 0.6 is 0 Å². The van der Waals surface area contributed by atoms with Crippen LogP contribution in [0.1, 0.15) is 13.3 Å². The van der Waals surface area contributed by atoms with Crippen LogP contribution in [0.3, 0.4) is 0 Å². The van der Waals surface area contributed by atoms with Crippen molar-refractivity contribution in [3.05, 3.63) is 30.3 Å². The summed E-state index contributed by atoms with van der Waals surface area (Å²) in [5.41, 5.74) is 0. The molecule has 21 heavy (non-hydrogen) atoms. The minimum absolute atomic E-state index is 0.381. The predicted molar refractivity (Wildman–Crippen MR) is 81.7 cm³/mol. The summed E-state index contributed by atoms with van der Waals surface area (Å²) in [6.07, 6.45) is 0.989. The predicted octanol–water partition coefficient (Wildman–Crippen LogP) is 1.55. The van der Waals surface area contributed by atoms with E-state index in [1.807, 2.05) is 35.2 Å². The van der Waals surface area contributed by atoms with Crippen molar-refractivity contribution in [3.8, 4) is 5.75 Å². The molecule has 1 saturated heterocycles. The van der Waals surface area contributed by atoms with E-state index >= 15 is 0 Å². The molecule has 1 unspecified atom stereocenters. The Bertz CT molecular complexity index is 430. The van der Waals surface area contributed by atoms with Crippen molar-refractivity contribution in [1.29, 1.82) is 0 Å². The van der Waals surface area contributed by atoms with Gasteiger partial charge in [-0.05, 0) is 25.5 Å². The Hall–Kier alpha value is -1.59. The minimum atomic E-state index is -0.736. The molecule has 1 aliphatic rings. The molecule has 0 radical (unpaired) electrons. The molecular weight excluding hydrogens is 268 g/mol. The zero-order chi connectivity index (χ0) is 15.1. The maximum absolute atomic E-state index is 11.0. The molecule has 0 spiro atoms. The molecule has 116 valence electrons. The first-order valence-electron chi connectivity index (χ1n) is 7.54. The Balaban J connectivity index is 1.60. The van der Waals surface area contributed by atoms with Gasteiger partial charge in [0, 0.05) is 32.7 Å². The van der Waals surface area contributed by atoms with E-state index in [4.69, 9.17) is 9.84 Å². The molecule has 1 atom stereocenters. The van der Waals surface area contributed by atoms with Crippen LogP contribution in [0.4, 0.5) is 0 Å². The Kier molecular flexibility index (Phi) is 6.02. The molecule has 5 nitrogen and oxygen atoms in total. The molecule has 2 rings (SSSR count). The van der Waals surface area contributed by atoms with Crippen molar-refractivity contribution in [2.75, 3.05) is 39.3 Å². The van der Waals surface area contributed by atoms with Gasteiger partial charge in [0.25, 0.3) is 0 Å². The average molecular weight is 292 g/mol. The number of carboxylic acids is 1. The molecule has 0 bridgehead atoms. The molecule has 0 amide bonds. The monoisotopic (exact) mass is 292 g/mol. The van der Waals surface area contributed by atoms with E-state index < -0.39 is 5.97 Å². The highest BCUT2D eigenvalue weighted by Crippen LogP contribution is 2.10. The number of hydrogen-bond acceptors (Lipinski definition) is 4. The third-order valence-corrected chi connectivity index (χ3v) is 3.94. The number of rotatable bonds is 7. The summed E-state index contributed by atoms with van der Waals surface area (Å²) >= 11 is 0. The first-order chi connectivity index (χ1) is 10.2. The van der Waals surface area contributed by atoms with E-state index in [-0.39, 0.29) is 6.04 Å². The van der Waals surface area contributed by atoms with Gasteiger partial charge in [0.15, 0.2) is 0 Å². The van der Waals surface area contributed by atoms with Crippen molar-refractivity contribution < 1.29 is 14.6 Å². The number of nitrogens with zero attached hydrogens (tertiary/aromatic N) is 2. The molecule has 1 aliphatic heterocycles. The fraction of sp³-hybridized carbons (Fsp3) is 0.562. The molecular formula is C16H24N2O3. The van der Waals surface area contributed by atoms with E-state index in [1.54, 1.807) is 6.92 Å². The van der Waals surface area contributed by atoms with Crippen LogP contribution in [-0.4, -0.2) is 66.2 Å². The first-order valence-corrected chi connectivity index (χ1v) is 7.54. The Morgan fingerprint density at radius 2 is 1.90 bits per heavy atom. The van der Waals surface area contributed by atoms with Crippen molar-refractivity contribution >= 4 is 5.97 Å². The Morgan fingerprint density at radius 1 is 1.24 bits per heavy atom. The van der Waals surface area contributed by atoms with E-state index in [0.29, 0.717) is 0 Å². The molecule has 1 fully saturated rings. The summed E-state index contributed by atoms with van der Waals surface area (Å²) in [6, 6.07) is 9.47. The number of hydrogen-bond donors (Lipinski definition) is 1. The molecule has 5 heteroatoms. The lowest BCUT2D eigenvalue weighted by Gasteiger charge is -2.36. The van der Waals surface area contributed by atoms with Crippen LogP contribution in [0.5, 0.6) is 5.75 Å². The van der Waals surface area contributed by atoms with Gasteiger partial charge >= 0.3 is 5.97 Å². The van der Waals surface area contributed by atoms with E-state index in [0.717, 1.165) is 51.5 Å². The number of piperazine rings is 1. The number of carboxylic acid groups (broad SMARTS) is 1. The van der Waals surface area contributed by atoms with E-state index in [2.05, 4.69) is 4.90 Å². The topological polar surface area (TPSA) is 53.0 Å². The lowest BCUT2D eigenvalue weighted by Crippen LogP contribution is -2.51. The summed E-state index contributed by atoms with van der Waals surface area (Å²) in [5, 5.41) is 9.01. The van der Waals surface area contributed by atoms with Crippen LogP contribution in [0, 0.1) is 0 Å². The van der Waals surface area contributed by atoms with Crippen molar-refractivity contribution in [2.24, 2.45) is 0 Å². The highest BCUT2D eigenvalue weighted by atomic mass is 16.5. The molecule has 0 aromatic heterocycles. The summed E-state index contributed by atoms with van der Waals surface area (Å²) in [4.78, 5) is 15.4. The molecule has 0 saturated carbocycles. The van der Waals surface area contributed by atoms with Crippen molar-refractivity contribution in [3.63, 3.8) is 0 Å². The number of para-hydroxylation sites is 1. The van der Waals surface area contributed by atoms with E-state index in [9.17, 15) is 4.79 Å². The Labute approximate surface area is 126 Å². The lowest BCUT2D eigenvalue weighted by atomic mass is 10.2. The van der Waals surface area contributed by atoms with Gasteiger partial charge in [-0.25, -0.2) is 0 Å². The third-order valence-electron chi connectivity index (χ3n) is 3.94. The minimum Gasteiger partial charge on any atom is -0.494 e. The smallest absolute Gasteiger partial charge is 0.320 e. The summed E-state index contributed by atoms with van der Waals surface area (Å²) < 4.78 is 5.67. The maximum Gasteiger partial charge on any atom is 0.320 e. The highest BCUT2D eigenvalue weighted by molar-refractivity contribution is 5.72. The van der Waals surface area contributed by atoms with Crippen molar-refractivity contribution in [1.82, 2.24) is 9.80 Å². The van der Waals surface area contributed by atoms with Gasteiger partial charge in [-0.2, -0.15) is 0 Å². The van der Waals surface area contributed by atoms with Gasteiger partial charge in [-0.3, -0.25) is 9.69 Å². The highest BCUT2D eigenvalue weighted by Gasteiger charge is 2.24. The molecule has 1 N–H and O–H groups in total. The Morgan fingerprint density at radius 3 is 2.52 bits per heavy atom. The number of benzene rings is 1. The van der Waals surface area contributed by atoms with Crippen LogP contribution in [0.15, 0.2) is 30.3 Å². The third kappa shape index (κ3) is 5.02. The van der Waals surface area contributed by atoms with Gasteiger partial charge in [0.05, 0.1) is 6.61 Å². The van der Waals surface area contributed by atoms with Gasteiger partial charge in [0.2, 0.25) is 0 Å². The molecule has 1 aromatic rings. The summed E-state index contributed by atoms with van der Waals surface area (Å²) in [6.45, 7) is 7.00. The van der Waals surface area contributed by atoms with Gasteiger partial charge in [0.1, 0.15) is 11.8 Å². The number of ether oxygens (including phenoxy) is 1. The zero-order valence-electron chi connectivity index (χ0n) is 12.6. The standard InChI is InChI=1S/C16H24N2O3/c1-14(16(19)20)18-11-9-17(10-12-18)8-5-13-21-15-6-3-2-4-7-15/h2-4,6-7,14H,5,8-13H2,1H3,(H,19,20). The van der Waals surface area contributed by atoms with Gasteiger partial charge in [-0.1, -0.05) is 18.2 Å². The number of carbonyl (C=O) groups is 1. The largest absolute Gasteiger partial charge is 0.494 e. The maximum atomic E-state index is 11.0. The number of aliphatic carboxylic acids is 1. The second kappa shape index (κ2) is 8.00. The van der Waals surface area contributed by atoms with Crippen molar-refractivity contribution in [2.45, 2.75) is 19.4 Å². The van der Waals surface area contributed by atoms with Gasteiger partial charge in [-0.15, -0.1) is 0 Å². The van der Waals surface area contributed by atoms with Crippen LogP contribution in [0.25, 0.3) is 0 Å². The average Bonchev–Trinajstić information content (AvgIpc) is 2.52. The summed E-state index contributed by atoms with van der Waals surface area (Å²) in [5.74, 6) is 0.178. The second-order valence-corrected chi connectivity index (χ2v) is 5.41. The molecule has 1 heterocycles. The van der Waals surface area contributed by atoms with Crippen LogP contribution < -0.4 is 4.74 Å². The molecule has 0 aliphatic carbocycles. The quantitative estimate of drug-likeness (QED) is 0.773. The summed E-state index contributed by atoms with van der Waals surface area (Å²) in [7, 11) is 0. The van der Waals surface area contributed by atoms with E-state index in [1.165, 1.54) is 0 Å². The van der Waals surface area contributed by atoms with Gasteiger partial charge < -0.3 is 14.7 Å². The SMILES string of the molecule is CC(C(=O)O)N1CCN(CCCOc2ccccc2)CC1. The second-order valence-electron chi connectivity index (χ2n) is 5.41. The zero-order valence-corrected chi connectivity index (χ0v) is 12.6. The molecule has 1 aromatic carbocycles. The first kappa shape index (κ1) is 15.8. The normalized spacial score (nSPS) is 18.3. The lowest BCUT2D eigenvalue weighted by molar-refractivity contribution is -0.143. The van der Waals surface area contributed by atoms with Crippen LogP contribution in [0.2, 0.25) is 0 Å². The fourth-order valence-electron chi connectivity index (χ4n) is 2.53. The van der Waals surface area contributed by atoms with Crippen LogP contribution in [-0.2, 0) is 4.79 Å². The fourth-order valence-corrected chi connectivity index (χ4v) is 2.53.